The van der Waals surface area contributed by atoms with Gasteiger partial charge in [0, 0.05) is 17.3 Å². The lowest BCUT2D eigenvalue weighted by atomic mass is 10.2. The van der Waals surface area contributed by atoms with Gasteiger partial charge in [-0.05, 0) is 66.6 Å². The van der Waals surface area contributed by atoms with E-state index < -0.39 is 0 Å². The van der Waals surface area contributed by atoms with Crippen LogP contribution in [0.25, 0.3) is 5.69 Å². The van der Waals surface area contributed by atoms with Gasteiger partial charge in [0.05, 0.1) is 11.7 Å². The Morgan fingerprint density at radius 3 is 2.46 bits per heavy atom. The number of aromatic nitrogens is 4. The minimum Gasteiger partial charge on any atom is -0.375 e. The van der Waals surface area contributed by atoms with E-state index in [0.717, 1.165) is 35.7 Å². The van der Waals surface area contributed by atoms with Gasteiger partial charge < -0.3 is 10.6 Å². The van der Waals surface area contributed by atoms with E-state index in [0.29, 0.717) is 0 Å². The molecule has 1 fully saturated rings. The lowest BCUT2D eigenvalue weighted by molar-refractivity contribution is -0.117. The average molecular weight is 348 g/mol. The van der Waals surface area contributed by atoms with Gasteiger partial charge in [-0.2, -0.15) is 4.68 Å². The van der Waals surface area contributed by atoms with Crippen molar-refractivity contribution in [2.45, 2.75) is 25.8 Å². The summed E-state index contributed by atoms with van der Waals surface area (Å²) in [5, 5.41) is 18.4. The smallest absolute Gasteiger partial charge is 0.227 e. The molecule has 0 unspecified atom stereocenters. The number of tetrazole rings is 1. The third-order valence-corrected chi connectivity index (χ3v) is 4.37. The number of rotatable bonds is 6. The molecule has 1 heterocycles. The van der Waals surface area contributed by atoms with Crippen molar-refractivity contribution >= 4 is 17.3 Å². The fourth-order valence-electron chi connectivity index (χ4n) is 2.77. The molecule has 26 heavy (non-hydrogen) atoms. The summed E-state index contributed by atoms with van der Waals surface area (Å²) < 4.78 is 1.72. The Morgan fingerprint density at radius 1 is 1.08 bits per heavy atom. The summed E-state index contributed by atoms with van der Waals surface area (Å²) in [4.78, 5) is 11.8. The first-order valence-corrected chi connectivity index (χ1v) is 8.72. The molecule has 1 amide bonds. The minimum absolute atomic E-state index is 0.0860. The number of hydrogen-bond donors (Lipinski definition) is 2. The van der Waals surface area contributed by atoms with Gasteiger partial charge in [-0.25, -0.2) is 0 Å². The number of hydrogen-bond acceptors (Lipinski definition) is 5. The second kappa shape index (κ2) is 6.95. The van der Waals surface area contributed by atoms with Crippen LogP contribution in [0.5, 0.6) is 0 Å². The van der Waals surface area contributed by atoms with E-state index in [1.54, 1.807) is 4.68 Å². The quantitative estimate of drug-likeness (QED) is 0.715. The van der Waals surface area contributed by atoms with E-state index >= 15 is 0 Å². The van der Waals surface area contributed by atoms with Crippen LogP contribution >= 0.6 is 0 Å². The molecule has 0 aliphatic heterocycles. The number of nitrogens with one attached hydrogen (secondary N) is 2. The molecule has 1 atom stereocenters. The van der Waals surface area contributed by atoms with Crippen molar-refractivity contribution in [2.75, 3.05) is 10.6 Å². The van der Waals surface area contributed by atoms with Gasteiger partial charge in [0.1, 0.15) is 0 Å². The zero-order chi connectivity index (χ0) is 17.9. The van der Waals surface area contributed by atoms with Crippen LogP contribution in [0.15, 0.2) is 54.6 Å². The molecule has 0 saturated heterocycles. The molecule has 0 bridgehead atoms. The Bertz CT molecular complexity index is 886. The highest BCUT2D eigenvalue weighted by Gasteiger charge is 2.29. The SMILES string of the molecule is C[C@H](Nc1ccc(NC(=O)C2CC2)cc1)c1nnnn1-c1ccccc1. The van der Waals surface area contributed by atoms with E-state index in [-0.39, 0.29) is 17.9 Å². The van der Waals surface area contributed by atoms with Crippen molar-refractivity contribution in [3.05, 3.63) is 60.4 Å². The molecule has 7 nitrogen and oxygen atoms in total. The maximum atomic E-state index is 11.8. The maximum absolute atomic E-state index is 11.8. The van der Waals surface area contributed by atoms with Crippen molar-refractivity contribution in [2.24, 2.45) is 5.92 Å². The van der Waals surface area contributed by atoms with Crippen LogP contribution < -0.4 is 10.6 Å². The molecule has 2 aromatic carbocycles. The highest BCUT2D eigenvalue weighted by Crippen LogP contribution is 2.30. The van der Waals surface area contributed by atoms with Crippen molar-refractivity contribution in [3.8, 4) is 5.69 Å². The molecular formula is C19H20N6O. The number of carbonyl (C=O) groups is 1. The van der Waals surface area contributed by atoms with Gasteiger partial charge in [-0.15, -0.1) is 5.10 Å². The number of para-hydroxylation sites is 1. The monoisotopic (exact) mass is 348 g/mol. The average Bonchev–Trinajstić information content (AvgIpc) is 3.40. The highest BCUT2D eigenvalue weighted by molar-refractivity contribution is 5.94. The van der Waals surface area contributed by atoms with Crippen LogP contribution in [-0.2, 0) is 4.79 Å². The van der Waals surface area contributed by atoms with Gasteiger partial charge in [-0.3, -0.25) is 4.79 Å². The third kappa shape index (κ3) is 3.56. The minimum atomic E-state index is -0.0860. The molecular weight excluding hydrogens is 328 g/mol. The predicted molar refractivity (Wildman–Crippen MR) is 99.0 cm³/mol. The van der Waals surface area contributed by atoms with E-state index in [4.69, 9.17) is 0 Å². The summed E-state index contributed by atoms with van der Waals surface area (Å²) in [6.45, 7) is 2.01. The first-order valence-electron chi connectivity index (χ1n) is 8.72. The summed E-state index contributed by atoms with van der Waals surface area (Å²) in [6, 6.07) is 17.4. The van der Waals surface area contributed by atoms with Crippen LogP contribution in [0.4, 0.5) is 11.4 Å². The van der Waals surface area contributed by atoms with E-state index in [1.165, 1.54) is 0 Å². The van der Waals surface area contributed by atoms with E-state index in [9.17, 15) is 4.79 Å². The van der Waals surface area contributed by atoms with Gasteiger partial charge in [0.25, 0.3) is 0 Å². The predicted octanol–water partition coefficient (Wildman–Crippen LogP) is 3.18. The number of amides is 1. The van der Waals surface area contributed by atoms with E-state index in [1.807, 2.05) is 61.5 Å². The zero-order valence-corrected chi connectivity index (χ0v) is 14.5. The van der Waals surface area contributed by atoms with Crippen LogP contribution in [0.1, 0.15) is 31.6 Å². The first kappa shape index (κ1) is 16.3. The van der Waals surface area contributed by atoms with Crippen LogP contribution in [-0.4, -0.2) is 26.1 Å². The van der Waals surface area contributed by atoms with Crippen molar-refractivity contribution in [1.82, 2.24) is 20.2 Å². The normalized spacial score (nSPS) is 14.7. The maximum Gasteiger partial charge on any atom is 0.227 e. The second-order valence-electron chi connectivity index (χ2n) is 6.49. The zero-order valence-electron chi connectivity index (χ0n) is 14.5. The third-order valence-electron chi connectivity index (χ3n) is 4.37. The Hall–Kier alpha value is -3.22. The lowest BCUT2D eigenvalue weighted by Crippen LogP contribution is -2.14. The summed E-state index contributed by atoms with van der Waals surface area (Å²) in [7, 11) is 0. The Morgan fingerprint density at radius 2 is 1.77 bits per heavy atom. The molecule has 0 radical (unpaired) electrons. The van der Waals surface area contributed by atoms with E-state index in [2.05, 4.69) is 26.2 Å². The topological polar surface area (TPSA) is 84.7 Å². The number of anilines is 2. The van der Waals surface area contributed by atoms with Crippen LogP contribution in [0, 0.1) is 5.92 Å². The number of nitrogens with zero attached hydrogens (tertiary/aromatic N) is 4. The molecule has 7 heteroatoms. The number of carbonyl (C=O) groups excluding carboxylic acids is 1. The first-order chi connectivity index (χ1) is 12.7. The van der Waals surface area contributed by atoms with Crippen molar-refractivity contribution < 1.29 is 4.79 Å². The molecule has 0 spiro atoms. The second-order valence-corrected chi connectivity index (χ2v) is 6.49. The molecule has 1 aliphatic rings. The standard InChI is InChI=1S/C19H20N6O/c1-13(18-22-23-24-25(18)17-5-3-2-4-6-17)20-15-9-11-16(12-10-15)21-19(26)14-7-8-14/h2-6,9-14,20H,7-8H2,1H3,(H,21,26)/t13-/m0/s1. The molecule has 1 saturated carbocycles. The van der Waals surface area contributed by atoms with Gasteiger partial charge in [0.2, 0.25) is 5.91 Å². The van der Waals surface area contributed by atoms with Gasteiger partial charge >= 0.3 is 0 Å². The molecule has 1 aromatic heterocycles. The largest absolute Gasteiger partial charge is 0.375 e. The lowest BCUT2D eigenvalue weighted by Gasteiger charge is -2.15. The van der Waals surface area contributed by atoms with Crippen molar-refractivity contribution in [3.63, 3.8) is 0 Å². The van der Waals surface area contributed by atoms with Gasteiger partial charge in [-0.1, -0.05) is 18.2 Å². The molecule has 132 valence electrons. The molecule has 2 N–H and O–H groups in total. The summed E-state index contributed by atoms with van der Waals surface area (Å²) in [5.41, 5.74) is 2.66. The number of benzene rings is 2. The van der Waals surface area contributed by atoms with Crippen molar-refractivity contribution in [1.29, 1.82) is 0 Å². The molecule has 4 rings (SSSR count). The van der Waals surface area contributed by atoms with Gasteiger partial charge in [0.15, 0.2) is 5.82 Å². The summed E-state index contributed by atoms with van der Waals surface area (Å²) in [5.74, 6) is 1.04. The summed E-state index contributed by atoms with van der Waals surface area (Å²) in [6.07, 6.45) is 2.00. The Balaban J connectivity index is 1.44. The Kier molecular flexibility index (Phi) is 4.35. The van der Waals surface area contributed by atoms with Crippen LogP contribution in [0.2, 0.25) is 0 Å². The highest BCUT2D eigenvalue weighted by atomic mass is 16.2. The molecule has 3 aromatic rings. The fraction of sp³-hybridized carbons (Fsp3) is 0.263. The summed E-state index contributed by atoms with van der Waals surface area (Å²) >= 11 is 0. The molecule has 1 aliphatic carbocycles. The van der Waals surface area contributed by atoms with Crippen LogP contribution in [0.3, 0.4) is 0 Å². The fourth-order valence-corrected chi connectivity index (χ4v) is 2.77. The Labute approximate surface area is 151 Å².